The van der Waals surface area contributed by atoms with E-state index in [0.29, 0.717) is 28.4 Å². The molecule has 0 aliphatic heterocycles. The lowest BCUT2D eigenvalue weighted by atomic mass is 9.88. The van der Waals surface area contributed by atoms with Gasteiger partial charge in [0.05, 0.1) is 18.4 Å². The Labute approximate surface area is 194 Å². The molecule has 0 atom stereocenters. The molecule has 1 N–H and O–H groups in total. The topological polar surface area (TPSA) is 73.2 Å². The number of aromatic nitrogens is 2. The summed E-state index contributed by atoms with van der Waals surface area (Å²) in [5.74, 6) is 1.01. The standard InChI is InChI=1S/C27H31N3O3/c1-17-10-13-22(16-18(17)2)30-26(28-27(32)21-8-6-5-7-9-21)24(25(31)19(3)29-30)20-11-14-23(33-4)15-12-20/h10-16,21H,5-9H2,1-4H3,(H,28,32). The first-order valence-corrected chi connectivity index (χ1v) is 11.6. The van der Waals surface area contributed by atoms with Crippen LogP contribution in [-0.4, -0.2) is 22.8 Å². The maximum absolute atomic E-state index is 13.3. The third kappa shape index (κ3) is 4.70. The Bertz CT molecular complexity index is 1220. The minimum atomic E-state index is -0.195. The molecular formula is C27H31N3O3. The maximum Gasteiger partial charge on any atom is 0.228 e. The first-order valence-electron chi connectivity index (χ1n) is 11.6. The van der Waals surface area contributed by atoms with Gasteiger partial charge >= 0.3 is 0 Å². The van der Waals surface area contributed by atoms with E-state index in [-0.39, 0.29) is 17.3 Å². The fraction of sp³-hybridized carbons (Fsp3) is 0.370. The number of ether oxygens (including phenoxy) is 1. The van der Waals surface area contributed by atoms with Gasteiger partial charge in [0.1, 0.15) is 17.3 Å². The van der Waals surface area contributed by atoms with Crippen LogP contribution < -0.4 is 15.5 Å². The summed E-state index contributed by atoms with van der Waals surface area (Å²) < 4.78 is 6.98. The number of aryl methyl sites for hydroxylation is 3. The third-order valence-corrected chi connectivity index (χ3v) is 6.59. The highest BCUT2D eigenvalue weighted by molar-refractivity contribution is 5.96. The maximum atomic E-state index is 13.3. The molecule has 0 spiro atoms. The van der Waals surface area contributed by atoms with Crippen molar-refractivity contribution in [1.29, 1.82) is 0 Å². The summed E-state index contributed by atoms with van der Waals surface area (Å²) in [6, 6.07) is 13.3. The number of hydrogen-bond acceptors (Lipinski definition) is 4. The Kier molecular flexibility index (Phi) is 6.63. The van der Waals surface area contributed by atoms with E-state index >= 15 is 0 Å². The number of hydrogen-bond donors (Lipinski definition) is 1. The van der Waals surface area contributed by atoms with Gasteiger partial charge in [-0.3, -0.25) is 9.59 Å². The number of amides is 1. The summed E-state index contributed by atoms with van der Waals surface area (Å²) in [4.78, 5) is 26.6. The number of methoxy groups -OCH3 is 1. The SMILES string of the molecule is COc1ccc(-c2c(NC(=O)C3CCCCC3)n(-c3ccc(C)c(C)c3)nc(C)c2=O)cc1. The predicted octanol–water partition coefficient (Wildman–Crippen LogP) is 5.35. The number of nitrogens with one attached hydrogen (secondary N) is 1. The third-order valence-electron chi connectivity index (χ3n) is 6.59. The lowest BCUT2D eigenvalue weighted by molar-refractivity contribution is -0.120. The number of rotatable bonds is 5. The molecule has 1 aliphatic carbocycles. The van der Waals surface area contributed by atoms with E-state index in [0.717, 1.165) is 36.9 Å². The molecule has 1 heterocycles. The van der Waals surface area contributed by atoms with Crippen LogP contribution in [0.5, 0.6) is 5.75 Å². The molecule has 33 heavy (non-hydrogen) atoms. The summed E-state index contributed by atoms with van der Waals surface area (Å²) in [5.41, 5.74) is 4.40. The molecule has 0 saturated heterocycles. The smallest absolute Gasteiger partial charge is 0.228 e. The first-order chi connectivity index (χ1) is 15.9. The molecule has 4 rings (SSSR count). The lowest BCUT2D eigenvalue weighted by Crippen LogP contribution is -2.29. The van der Waals surface area contributed by atoms with Crippen molar-refractivity contribution < 1.29 is 9.53 Å². The highest BCUT2D eigenvalue weighted by Gasteiger charge is 2.25. The minimum Gasteiger partial charge on any atom is -0.497 e. The Morgan fingerprint density at radius 2 is 1.70 bits per heavy atom. The molecule has 1 aromatic heterocycles. The quantitative estimate of drug-likeness (QED) is 0.574. The molecule has 0 bridgehead atoms. The van der Waals surface area contributed by atoms with Gasteiger partial charge in [-0.25, -0.2) is 4.68 Å². The van der Waals surface area contributed by atoms with E-state index in [1.807, 2.05) is 49.4 Å². The zero-order valence-electron chi connectivity index (χ0n) is 19.8. The summed E-state index contributed by atoms with van der Waals surface area (Å²) in [7, 11) is 1.61. The number of carbonyl (C=O) groups is 1. The minimum absolute atomic E-state index is 0.0490. The zero-order chi connectivity index (χ0) is 23.5. The van der Waals surface area contributed by atoms with Crippen molar-refractivity contribution in [2.45, 2.75) is 52.9 Å². The van der Waals surface area contributed by atoms with Gasteiger partial charge in [0, 0.05) is 5.92 Å². The molecule has 1 fully saturated rings. The predicted molar refractivity (Wildman–Crippen MR) is 131 cm³/mol. The largest absolute Gasteiger partial charge is 0.497 e. The summed E-state index contributed by atoms with van der Waals surface area (Å²) in [6.07, 6.45) is 5.02. The van der Waals surface area contributed by atoms with E-state index in [2.05, 4.69) is 17.3 Å². The fourth-order valence-corrected chi connectivity index (χ4v) is 4.41. The number of benzene rings is 2. The molecule has 2 aromatic carbocycles. The second-order valence-electron chi connectivity index (χ2n) is 8.87. The summed E-state index contributed by atoms with van der Waals surface area (Å²) >= 11 is 0. The summed E-state index contributed by atoms with van der Waals surface area (Å²) in [5, 5.41) is 7.70. The van der Waals surface area contributed by atoms with Crippen molar-refractivity contribution in [3.63, 3.8) is 0 Å². The van der Waals surface area contributed by atoms with Crippen molar-refractivity contribution in [2.75, 3.05) is 12.4 Å². The Balaban J connectivity index is 1.91. The van der Waals surface area contributed by atoms with Gasteiger partial charge in [-0.2, -0.15) is 5.10 Å². The average molecular weight is 446 g/mol. The van der Waals surface area contributed by atoms with Crippen LogP contribution in [0.15, 0.2) is 47.3 Å². The monoisotopic (exact) mass is 445 g/mol. The van der Waals surface area contributed by atoms with Crippen molar-refractivity contribution in [3.8, 4) is 22.6 Å². The molecule has 1 aliphatic rings. The second kappa shape index (κ2) is 9.61. The average Bonchev–Trinajstić information content (AvgIpc) is 2.84. The highest BCUT2D eigenvalue weighted by Crippen LogP contribution is 2.31. The van der Waals surface area contributed by atoms with Crippen molar-refractivity contribution >= 4 is 11.7 Å². The van der Waals surface area contributed by atoms with Gasteiger partial charge in [-0.1, -0.05) is 37.5 Å². The van der Waals surface area contributed by atoms with Crippen LogP contribution in [0, 0.1) is 26.7 Å². The normalized spacial score (nSPS) is 14.2. The molecule has 172 valence electrons. The highest BCUT2D eigenvalue weighted by atomic mass is 16.5. The first kappa shape index (κ1) is 22.8. The van der Waals surface area contributed by atoms with Crippen molar-refractivity contribution in [1.82, 2.24) is 9.78 Å². The van der Waals surface area contributed by atoms with E-state index in [1.165, 1.54) is 12.0 Å². The molecule has 6 heteroatoms. The Hall–Kier alpha value is -3.41. The number of carbonyl (C=O) groups excluding carboxylic acids is 1. The van der Waals surface area contributed by atoms with E-state index in [9.17, 15) is 9.59 Å². The molecular weight excluding hydrogens is 414 g/mol. The van der Waals surface area contributed by atoms with Crippen LogP contribution in [0.1, 0.15) is 48.9 Å². The van der Waals surface area contributed by atoms with Gasteiger partial charge in [0.15, 0.2) is 0 Å². The molecule has 3 aromatic rings. The van der Waals surface area contributed by atoms with E-state index in [1.54, 1.807) is 18.7 Å². The summed E-state index contributed by atoms with van der Waals surface area (Å²) in [6.45, 7) is 5.80. The second-order valence-corrected chi connectivity index (χ2v) is 8.87. The lowest BCUT2D eigenvalue weighted by Gasteiger charge is -2.23. The van der Waals surface area contributed by atoms with Crippen LogP contribution in [-0.2, 0) is 4.79 Å². The molecule has 1 saturated carbocycles. The van der Waals surface area contributed by atoms with Crippen LogP contribution in [0.3, 0.4) is 0 Å². The Morgan fingerprint density at radius 1 is 1.00 bits per heavy atom. The van der Waals surface area contributed by atoms with Crippen molar-refractivity contribution in [3.05, 3.63) is 69.5 Å². The van der Waals surface area contributed by atoms with Crippen LogP contribution in [0.25, 0.3) is 16.8 Å². The zero-order valence-corrected chi connectivity index (χ0v) is 19.8. The van der Waals surface area contributed by atoms with Gasteiger partial charge in [0.2, 0.25) is 11.3 Å². The fourth-order valence-electron chi connectivity index (χ4n) is 4.41. The van der Waals surface area contributed by atoms with Crippen molar-refractivity contribution in [2.24, 2.45) is 5.92 Å². The Morgan fingerprint density at radius 3 is 2.33 bits per heavy atom. The molecule has 0 radical (unpaired) electrons. The van der Waals surface area contributed by atoms with E-state index < -0.39 is 0 Å². The number of anilines is 1. The molecule has 1 amide bonds. The van der Waals surface area contributed by atoms with Crippen LogP contribution in [0.4, 0.5) is 5.82 Å². The molecule has 0 unspecified atom stereocenters. The van der Waals surface area contributed by atoms with Gasteiger partial charge < -0.3 is 10.1 Å². The van der Waals surface area contributed by atoms with Gasteiger partial charge in [0.25, 0.3) is 0 Å². The van der Waals surface area contributed by atoms with Crippen LogP contribution in [0.2, 0.25) is 0 Å². The number of nitrogens with zero attached hydrogens (tertiary/aromatic N) is 2. The van der Waals surface area contributed by atoms with Gasteiger partial charge in [-0.05, 0) is 74.6 Å². The van der Waals surface area contributed by atoms with Crippen LogP contribution >= 0.6 is 0 Å². The molecule has 6 nitrogen and oxygen atoms in total. The van der Waals surface area contributed by atoms with Gasteiger partial charge in [-0.15, -0.1) is 0 Å². The van der Waals surface area contributed by atoms with E-state index in [4.69, 9.17) is 4.74 Å².